The molecule has 0 bridgehead atoms. The van der Waals surface area contributed by atoms with Gasteiger partial charge in [0, 0.05) is 0 Å². The maximum Gasteiger partial charge on any atom is 0.105 e. The minimum atomic E-state index is -0.407. The van der Waals surface area contributed by atoms with E-state index in [-0.39, 0.29) is 0 Å². The number of hydrogen-bond donors (Lipinski definition) is 2. The van der Waals surface area contributed by atoms with E-state index in [4.69, 9.17) is 0 Å². The lowest BCUT2D eigenvalue weighted by Crippen LogP contribution is -2.29. The summed E-state index contributed by atoms with van der Waals surface area (Å²) < 4.78 is 0. The van der Waals surface area contributed by atoms with Crippen molar-refractivity contribution in [1.82, 2.24) is 5.32 Å². The fourth-order valence-electron chi connectivity index (χ4n) is 1.66. The molecule has 0 fully saturated rings. The van der Waals surface area contributed by atoms with Gasteiger partial charge in [0.15, 0.2) is 0 Å². The Morgan fingerprint density at radius 2 is 2.18 bits per heavy atom. The average Bonchev–Trinajstić information content (AvgIpc) is 2.30. The standard InChI is InChI=1S/C15H27NO/c1-5-8-12-16-15(17)11-10-14(7-3)13(4)9-6-2/h6-7,9,15-17H,3,5,8,10-12H2,1-2,4H3/b9-6-,14-13+. The van der Waals surface area contributed by atoms with E-state index in [1.165, 1.54) is 11.1 Å². The highest BCUT2D eigenvalue weighted by atomic mass is 16.3. The van der Waals surface area contributed by atoms with Crippen molar-refractivity contribution < 1.29 is 5.11 Å². The molecule has 2 N–H and O–H groups in total. The van der Waals surface area contributed by atoms with Crippen LogP contribution >= 0.6 is 0 Å². The molecule has 98 valence electrons. The molecule has 0 aliphatic rings. The summed E-state index contributed by atoms with van der Waals surface area (Å²) in [5.74, 6) is 0. The Morgan fingerprint density at radius 3 is 2.71 bits per heavy atom. The summed E-state index contributed by atoms with van der Waals surface area (Å²) in [7, 11) is 0. The first-order valence-corrected chi connectivity index (χ1v) is 6.52. The topological polar surface area (TPSA) is 32.3 Å². The number of aliphatic hydroxyl groups excluding tert-OH is 1. The molecule has 0 saturated heterocycles. The molecular formula is C15H27NO. The minimum absolute atomic E-state index is 0.407. The first-order valence-electron chi connectivity index (χ1n) is 6.52. The van der Waals surface area contributed by atoms with Crippen molar-refractivity contribution in [3.05, 3.63) is 36.0 Å². The minimum Gasteiger partial charge on any atom is -0.379 e. The molecule has 0 aromatic carbocycles. The van der Waals surface area contributed by atoms with E-state index in [1.54, 1.807) is 0 Å². The predicted molar refractivity (Wildman–Crippen MR) is 75.9 cm³/mol. The summed E-state index contributed by atoms with van der Waals surface area (Å²) in [6, 6.07) is 0. The van der Waals surface area contributed by atoms with Crippen LogP contribution in [0.5, 0.6) is 0 Å². The van der Waals surface area contributed by atoms with Crippen molar-refractivity contribution in [3.63, 3.8) is 0 Å². The lowest BCUT2D eigenvalue weighted by Gasteiger charge is -2.13. The molecule has 0 spiro atoms. The largest absolute Gasteiger partial charge is 0.379 e. The zero-order valence-corrected chi connectivity index (χ0v) is 11.5. The maximum absolute atomic E-state index is 9.75. The Morgan fingerprint density at radius 1 is 1.47 bits per heavy atom. The van der Waals surface area contributed by atoms with Crippen LogP contribution in [0.15, 0.2) is 36.0 Å². The molecule has 1 unspecified atom stereocenters. The van der Waals surface area contributed by atoms with Crippen LogP contribution in [-0.2, 0) is 0 Å². The number of aliphatic hydroxyl groups is 1. The second-order valence-electron chi connectivity index (χ2n) is 4.27. The van der Waals surface area contributed by atoms with Crippen molar-refractivity contribution in [1.29, 1.82) is 0 Å². The number of hydrogen-bond acceptors (Lipinski definition) is 2. The fourth-order valence-corrected chi connectivity index (χ4v) is 1.66. The molecule has 0 aliphatic heterocycles. The summed E-state index contributed by atoms with van der Waals surface area (Å²) in [5, 5.41) is 12.9. The third kappa shape index (κ3) is 7.94. The monoisotopic (exact) mass is 237 g/mol. The van der Waals surface area contributed by atoms with Gasteiger partial charge < -0.3 is 5.11 Å². The molecule has 0 aromatic rings. The first-order chi connectivity index (χ1) is 8.15. The molecule has 0 aromatic heterocycles. The Balaban J connectivity index is 4.06. The first kappa shape index (κ1) is 16.1. The SMILES string of the molecule is C=C/C(CCC(O)NCCCC)=C(C)\C=C/C. The summed E-state index contributed by atoms with van der Waals surface area (Å²) in [6.45, 7) is 10.9. The Bertz CT molecular complexity index is 266. The smallest absolute Gasteiger partial charge is 0.105 e. The third-order valence-electron chi connectivity index (χ3n) is 2.77. The van der Waals surface area contributed by atoms with E-state index in [9.17, 15) is 5.11 Å². The van der Waals surface area contributed by atoms with E-state index >= 15 is 0 Å². The number of rotatable bonds is 9. The Labute approximate surface area is 106 Å². The van der Waals surface area contributed by atoms with Gasteiger partial charge in [-0.2, -0.15) is 0 Å². The second-order valence-corrected chi connectivity index (χ2v) is 4.27. The summed E-state index contributed by atoms with van der Waals surface area (Å²) >= 11 is 0. The molecule has 2 heteroatoms. The molecule has 0 heterocycles. The molecule has 0 saturated carbocycles. The average molecular weight is 237 g/mol. The van der Waals surface area contributed by atoms with Crippen LogP contribution in [0.25, 0.3) is 0 Å². The summed E-state index contributed by atoms with van der Waals surface area (Å²) in [4.78, 5) is 0. The highest BCUT2D eigenvalue weighted by Gasteiger charge is 2.04. The highest BCUT2D eigenvalue weighted by molar-refractivity contribution is 5.30. The zero-order chi connectivity index (χ0) is 13.1. The van der Waals surface area contributed by atoms with Crippen LogP contribution in [0.4, 0.5) is 0 Å². The van der Waals surface area contributed by atoms with Gasteiger partial charge >= 0.3 is 0 Å². The van der Waals surface area contributed by atoms with Crippen LogP contribution in [-0.4, -0.2) is 17.9 Å². The van der Waals surface area contributed by atoms with Crippen LogP contribution < -0.4 is 5.32 Å². The third-order valence-corrected chi connectivity index (χ3v) is 2.77. The Hall–Kier alpha value is -0.860. The van der Waals surface area contributed by atoms with Gasteiger partial charge in [0.25, 0.3) is 0 Å². The predicted octanol–water partition coefficient (Wildman–Crippen LogP) is 3.55. The molecule has 0 aliphatic carbocycles. The lowest BCUT2D eigenvalue weighted by atomic mass is 10.0. The van der Waals surface area contributed by atoms with E-state index in [0.717, 1.165) is 32.2 Å². The van der Waals surface area contributed by atoms with Crippen molar-refractivity contribution >= 4 is 0 Å². The van der Waals surface area contributed by atoms with E-state index in [2.05, 4.69) is 31.8 Å². The van der Waals surface area contributed by atoms with Gasteiger partial charge in [-0.25, -0.2) is 0 Å². The van der Waals surface area contributed by atoms with Crippen molar-refractivity contribution in [2.75, 3.05) is 6.54 Å². The molecule has 2 nitrogen and oxygen atoms in total. The summed E-state index contributed by atoms with van der Waals surface area (Å²) in [6.07, 6.45) is 9.43. The van der Waals surface area contributed by atoms with Gasteiger partial charge in [0.2, 0.25) is 0 Å². The van der Waals surface area contributed by atoms with Crippen molar-refractivity contribution in [2.45, 2.75) is 52.7 Å². The molecule has 1 atom stereocenters. The van der Waals surface area contributed by atoms with E-state index in [0.29, 0.717) is 0 Å². The van der Waals surface area contributed by atoms with Crippen LogP contribution in [0.2, 0.25) is 0 Å². The maximum atomic E-state index is 9.75. The van der Waals surface area contributed by atoms with Gasteiger partial charge in [-0.1, -0.05) is 38.2 Å². The quantitative estimate of drug-likeness (QED) is 0.365. The van der Waals surface area contributed by atoms with Gasteiger partial charge in [0.1, 0.15) is 6.23 Å². The molecule has 0 amide bonds. The fraction of sp³-hybridized carbons (Fsp3) is 0.600. The van der Waals surface area contributed by atoms with Crippen LogP contribution in [0.1, 0.15) is 46.5 Å². The van der Waals surface area contributed by atoms with Gasteiger partial charge in [-0.05, 0) is 50.8 Å². The van der Waals surface area contributed by atoms with Crippen LogP contribution in [0, 0.1) is 0 Å². The normalized spacial score (nSPS) is 14.8. The molecule has 0 rings (SSSR count). The van der Waals surface area contributed by atoms with Crippen molar-refractivity contribution in [2.24, 2.45) is 0 Å². The van der Waals surface area contributed by atoms with Gasteiger partial charge in [0.05, 0.1) is 0 Å². The number of unbranched alkanes of at least 4 members (excludes halogenated alkanes) is 1. The molecule has 0 radical (unpaired) electrons. The summed E-state index contributed by atoms with van der Waals surface area (Å²) in [5.41, 5.74) is 2.43. The van der Waals surface area contributed by atoms with Gasteiger partial charge in [-0.3, -0.25) is 5.32 Å². The number of allylic oxidation sites excluding steroid dienone is 5. The molecular weight excluding hydrogens is 210 g/mol. The lowest BCUT2D eigenvalue weighted by molar-refractivity contribution is 0.128. The second kappa shape index (κ2) is 10.3. The van der Waals surface area contributed by atoms with Crippen molar-refractivity contribution in [3.8, 4) is 0 Å². The van der Waals surface area contributed by atoms with E-state index < -0.39 is 6.23 Å². The zero-order valence-electron chi connectivity index (χ0n) is 11.5. The Kier molecular flexibility index (Phi) is 9.78. The highest BCUT2D eigenvalue weighted by Crippen LogP contribution is 2.14. The van der Waals surface area contributed by atoms with E-state index in [1.807, 2.05) is 19.1 Å². The number of nitrogens with one attached hydrogen (secondary N) is 1. The molecule has 17 heavy (non-hydrogen) atoms. The van der Waals surface area contributed by atoms with Crippen LogP contribution in [0.3, 0.4) is 0 Å². The van der Waals surface area contributed by atoms with Gasteiger partial charge in [-0.15, -0.1) is 0 Å².